The fraction of sp³-hybridized carbons (Fsp3) is 0.391. The fourth-order valence-corrected chi connectivity index (χ4v) is 4.03. The van der Waals surface area contributed by atoms with Crippen LogP contribution in [0.2, 0.25) is 0 Å². The lowest BCUT2D eigenvalue weighted by Crippen LogP contribution is -2.42. The summed E-state index contributed by atoms with van der Waals surface area (Å²) < 4.78 is 5.57. The highest BCUT2D eigenvalue weighted by atomic mass is 16.5. The summed E-state index contributed by atoms with van der Waals surface area (Å²) in [6.45, 7) is 3.58. The molecule has 1 saturated heterocycles. The van der Waals surface area contributed by atoms with Gasteiger partial charge in [-0.1, -0.05) is 35.9 Å². The van der Waals surface area contributed by atoms with Crippen molar-refractivity contribution in [3.63, 3.8) is 0 Å². The predicted molar refractivity (Wildman–Crippen MR) is 109 cm³/mol. The molecule has 3 amide bonds. The number of benzene rings is 2. The quantitative estimate of drug-likeness (QED) is 0.739. The molecule has 2 aliphatic rings. The molecule has 1 fully saturated rings. The Hall–Kier alpha value is -2.86. The summed E-state index contributed by atoms with van der Waals surface area (Å²) in [6.07, 6.45) is 2.20. The van der Waals surface area contributed by atoms with E-state index in [0.717, 1.165) is 35.3 Å². The number of carbonyl (C=O) groups excluding carboxylic acids is 2. The number of aliphatic hydroxyl groups is 1. The zero-order valence-corrected chi connectivity index (χ0v) is 16.8. The van der Waals surface area contributed by atoms with Crippen LogP contribution in [0.5, 0.6) is 5.75 Å². The summed E-state index contributed by atoms with van der Waals surface area (Å²) in [4.78, 5) is 26.7. The van der Waals surface area contributed by atoms with E-state index in [4.69, 9.17) is 4.74 Å². The molecule has 0 spiro atoms. The van der Waals surface area contributed by atoms with Crippen LogP contribution in [0.15, 0.2) is 42.5 Å². The summed E-state index contributed by atoms with van der Waals surface area (Å²) in [5, 5.41) is 13.1. The molecule has 2 aromatic rings. The largest absolute Gasteiger partial charge is 0.491 e. The van der Waals surface area contributed by atoms with Crippen molar-refractivity contribution >= 4 is 11.9 Å². The van der Waals surface area contributed by atoms with Crippen molar-refractivity contribution in [1.29, 1.82) is 0 Å². The standard InChI is InChI=1S/C23H26N2O4/c1-15-6-10-20(11-7-15)29-14-19(26)13-25-21(27)23(2,24-22(25)28)18-9-8-16-4-3-5-17(16)12-18/h6-12,19,26H,3-5,13-14H2,1-2H3,(H,24,28)/t19-,23+/m1/s1. The van der Waals surface area contributed by atoms with Gasteiger partial charge in [-0.2, -0.15) is 0 Å². The second kappa shape index (κ2) is 7.52. The van der Waals surface area contributed by atoms with Gasteiger partial charge in [0, 0.05) is 0 Å². The zero-order valence-electron chi connectivity index (χ0n) is 16.8. The molecule has 6 heteroatoms. The number of amides is 3. The number of nitrogens with zero attached hydrogens (tertiary/aromatic N) is 1. The van der Waals surface area contributed by atoms with E-state index in [9.17, 15) is 14.7 Å². The molecule has 2 N–H and O–H groups in total. The summed E-state index contributed by atoms with van der Waals surface area (Å²) in [5.41, 5.74) is 3.34. The molecule has 2 aromatic carbocycles. The molecule has 0 radical (unpaired) electrons. The Labute approximate surface area is 170 Å². The van der Waals surface area contributed by atoms with Gasteiger partial charge >= 0.3 is 6.03 Å². The summed E-state index contributed by atoms with van der Waals surface area (Å²) in [7, 11) is 0. The van der Waals surface area contributed by atoms with E-state index in [0.29, 0.717) is 5.75 Å². The molecule has 2 atom stereocenters. The Kier molecular flexibility index (Phi) is 5.04. The molecular weight excluding hydrogens is 368 g/mol. The van der Waals surface area contributed by atoms with Crippen LogP contribution < -0.4 is 10.1 Å². The number of imide groups is 1. The minimum atomic E-state index is -1.12. The van der Waals surface area contributed by atoms with Gasteiger partial charge in [0.1, 0.15) is 24.0 Å². The van der Waals surface area contributed by atoms with Gasteiger partial charge in [0.25, 0.3) is 5.91 Å². The third-order valence-electron chi connectivity index (χ3n) is 5.81. The Balaban J connectivity index is 1.43. The number of aryl methyl sites for hydroxylation is 3. The second-order valence-electron chi connectivity index (χ2n) is 8.09. The van der Waals surface area contributed by atoms with Crippen LogP contribution in [-0.2, 0) is 23.2 Å². The number of hydrogen-bond donors (Lipinski definition) is 2. The average molecular weight is 394 g/mol. The molecule has 1 heterocycles. The molecule has 152 valence electrons. The highest BCUT2D eigenvalue weighted by Crippen LogP contribution is 2.32. The lowest BCUT2D eigenvalue weighted by Gasteiger charge is -2.24. The minimum absolute atomic E-state index is 0.00429. The highest BCUT2D eigenvalue weighted by Gasteiger charge is 2.49. The first-order valence-electron chi connectivity index (χ1n) is 10.0. The van der Waals surface area contributed by atoms with Gasteiger partial charge < -0.3 is 15.2 Å². The van der Waals surface area contributed by atoms with E-state index in [1.54, 1.807) is 6.92 Å². The van der Waals surface area contributed by atoms with Crippen LogP contribution in [0.4, 0.5) is 4.79 Å². The number of nitrogens with one attached hydrogen (secondary N) is 1. The van der Waals surface area contributed by atoms with E-state index in [1.165, 1.54) is 11.1 Å². The lowest BCUT2D eigenvalue weighted by atomic mass is 9.89. The molecule has 0 unspecified atom stereocenters. The number of fused-ring (bicyclic) bond motifs is 1. The van der Waals surface area contributed by atoms with Crippen molar-refractivity contribution in [3.8, 4) is 5.75 Å². The maximum absolute atomic E-state index is 13.1. The fourth-order valence-electron chi connectivity index (χ4n) is 4.03. The van der Waals surface area contributed by atoms with Crippen molar-refractivity contribution in [2.24, 2.45) is 0 Å². The first-order chi connectivity index (χ1) is 13.9. The Morgan fingerprint density at radius 2 is 1.86 bits per heavy atom. The van der Waals surface area contributed by atoms with Crippen molar-refractivity contribution < 1.29 is 19.4 Å². The summed E-state index contributed by atoms with van der Waals surface area (Å²) in [5.74, 6) is 0.282. The number of β-amino-alcohol motifs (C(OH)–C–C–N with tert-alkyl or cyclic N) is 1. The van der Waals surface area contributed by atoms with Crippen LogP contribution in [0.3, 0.4) is 0 Å². The lowest BCUT2D eigenvalue weighted by molar-refractivity contribution is -0.132. The smallest absolute Gasteiger partial charge is 0.325 e. The maximum atomic E-state index is 13.1. The van der Waals surface area contributed by atoms with Crippen LogP contribution in [0, 0.1) is 6.92 Å². The van der Waals surface area contributed by atoms with Crippen LogP contribution in [0.1, 0.15) is 35.6 Å². The number of urea groups is 1. The Morgan fingerprint density at radius 3 is 2.62 bits per heavy atom. The number of hydrogen-bond acceptors (Lipinski definition) is 4. The van der Waals surface area contributed by atoms with E-state index in [-0.39, 0.29) is 19.1 Å². The van der Waals surface area contributed by atoms with Gasteiger partial charge in [-0.3, -0.25) is 9.69 Å². The molecule has 0 saturated carbocycles. The number of aliphatic hydroxyl groups excluding tert-OH is 1. The zero-order chi connectivity index (χ0) is 20.6. The summed E-state index contributed by atoms with van der Waals surface area (Å²) in [6, 6.07) is 13.0. The minimum Gasteiger partial charge on any atom is -0.491 e. The molecule has 6 nitrogen and oxygen atoms in total. The molecular formula is C23H26N2O4. The monoisotopic (exact) mass is 394 g/mol. The van der Waals surface area contributed by atoms with Crippen molar-refractivity contribution in [2.75, 3.05) is 13.2 Å². The van der Waals surface area contributed by atoms with Crippen LogP contribution >= 0.6 is 0 Å². The maximum Gasteiger partial charge on any atom is 0.325 e. The first-order valence-corrected chi connectivity index (χ1v) is 10.0. The molecule has 0 bridgehead atoms. The predicted octanol–water partition coefficient (Wildman–Crippen LogP) is 2.69. The number of ether oxygens (including phenoxy) is 1. The van der Waals surface area contributed by atoms with Gasteiger partial charge in [-0.05, 0) is 61.9 Å². The van der Waals surface area contributed by atoms with Crippen LogP contribution in [0.25, 0.3) is 0 Å². The molecule has 1 aliphatic carbocycles. The SMILES string of the molecule is Cc1ccc(OC[C@H](O)CN2C(=O)N[C@@](C)(c3ccc4c(c3)CCC4)C2=O)cc1. The Morgan fingerprint density at radius 1 is 1.14 bits per heavy atom. The third-order valence-corrected chi connectivity index (χ3v) is 5.81. The van der Waals surface area contributed by atoms with E-state index < -0.39 is 17.7 Å². The average Bonchev–Trinajstić information content (AvgIpc) is 3.26. The highest BCUT2D eigenvalue weighted by molar-refractivity contribution is 6.07. The van der Waals surface area contributed by atoms with Gasteiger partial charge in [0.05, 0.1) is 6.54 Å². The van der Waals surface area contributed by atoms with Gasteiger partial charge in [-0.15, -0.1) is 0 Å². The topological polar surface area (TPSA) is 78.9 Å². The van der Waals surface area contributed by atoms with E-state index >= 15 is 0 Å². The number of carbonyl (C=O) groups is 2. The molecule has 29 heavy (non-hydrogen) atoms. The molecule has 0 aromatic heterocycles. The van der Waals surface area contributed by atoms with Crippen LogP contribution in [-0.4, -0.2) is 41.2 Å². The van der Waals surface area contributed by atoms with Gasteiger partial charge in [0.15, 0.2) is 0 Å². The Bertz CT molecular complexity index is 940. The normalized spacial score (nSPS) is 21.8. The number of rotatable bonds is 6. The van der Waals surface area contributed by atoms with Crippen molar-refractivity contribution in [2.45, 2.75) is 44.8 Å². The van der Waals surface area contributed by atoms with Crippen molar-refractivity contribution in [3.05, 3.63) is 64.7 Å². The molecule has 4 rings (SSSR count). The van der Waals surface area contributed by atoms with Gasteiger partial charge in [0.2, 0.25) is 0 Å². The first kappa shape index (κ1) is 19.5. The van der Waals surface area contributed by atoms with E-state index in [1.807, 2.05) is 43.3 Å². The second-order valence-corrected chi connectivity index (χ2v) is 8.09. The third kappa shape index (κ3) is 3.72. The van der Waals surface area contributed by atoms with Crippen molar-refractivity contribution in [1.82, 2.24) is 10.2 Å². The summed E-state index contributed by atoms with van der Waals surface area (Å²) >= 11 is 0. The van der Waals surface area contributed by atoms with E-state index in [2.05, 4.69) is 11.4 Å². The molecule has 1 aliphatic heterocycles. The van der Waals surface area contributed by atoms with Gasteiger partial charge in [-0.25, -0.2) is 4.79 Å².